The number of para-hydroxylation sites is 2. The largest absolute Gasteiger partial charge is 0.490 e. The number of aliphatic hydroxyl groups is 2. The monoisotopic (exact) mass is 345 g/mol. The molecule has 0 heterocycles. The fraction of sp³-hybridized carbons (Fsp3) is 0.400. The second-order valence-electron chi connectivity index (χ2n) is 5.79. The summed E-state index contributed by atoms with van der Waals surface area (Å²) in [6.07, 6.45) is -0.662. The van der Waals surface area contributed by atoms with Gasteiger partial charge in [-0.3, -0.25) is 4.90 Å². The van der Waals surface area contributed by atoms with Crippen LogP contribution in [-0.2, 0) is 6.54 Å². The van der Waals surface area contributed by atoms with Crippen LogP contribution in [0.3, 0.4) is 0 Å². The highest BCUT2D eigenvalue weighted by Gasteiger charge is 2.14. The highest BCUT2D eigenvalue weighted by atomic mass is 16.5. The smallest absolute Gasteiger partial charge is 0.161 e. The Balaban J connectivity index is 1.87. The van der Waals surface area contributed by atoms with E-state index < -0.39 is 6.10 Å². The third-order valence-electron chi connectivity index (χ3n) is 3.71. The standard InChI is InChI=1S/C20H27NO4/c1-2-24-19-10-6-7-11-20(19)25-16-18(23)15-21(12-13-22)14-17-8-4-3-5-9-17/h3-11,18,22-23H,2,12-16H2,1H3. The zero-order valence-electron chi connectivity index (χ0n) is 14.7. The van der Waals surface area contributed by atoms with Crippen LogP contribution in [0.5, 0.6) is 11.5 Å². The fourth-order valence-corrected chi connectivity index (χ4v) is 2.60. The average molecular weight is 345 g/mol. The molecule has 2 aromatic rings. The third-order valence-corrected chi connectivity index (χ3v) is 3.71. The van der Waals surface area contributed by atoms with E-state index in [1.165, 1.54) is 0 Å². The van der Waals surface area contributed by atoms with Gasteiger partial charge in [0.25, 0.3) is 0 Å². The van der Waals surface area contributed by atoms with Crippen LogP contribution in [0, 0.1) is 0 Å². The zero-order valence-corrected chi connectivity index (χ0v) is 14.7. The van der Waals surface area contributed by atoms with Crippen LogP contribution in [0.15, 0.2) is 54.6 Å². The normalized spacial score (nSPS) is 12.2. The van der Waals surface area contributed by atoms with Crippen LogP contribution in [0.2, 0.25) is 0 Å². The molecule has 0 bridgehead atoms. The minimum absolute atomic E-state index is 0.0492. The number of benzene rings is 2. The van der Waals surface area contributed by atoms with Crippen molar-refractivity contribution >= 4 is 0 Å². The lowest BCUT2D eigenvalue weighted by molar-refractivity contribution is 0.0580. The average Bonchev–Trinajstić information content (AvgIpc) is 2.62. The Morgan fingerprint density at radius 1 is 0.960 bits per heavy atom. The van der Waals surface area contributed by atoms with Gasteiger partial charge >= 0.3 is 0 Å². The zero-order chi connectivity index (χ0) is 17.9. The molecule has 5 heteroatoms. The first-order chi connectivity index (χ1) is 12.2. The van der Waals surface area contributed by atoms with Gasteiger partial charge in [-0.2, -0.15) is 0 Å². The van der Waals surface area contributed by atoms with Crippen molar-refractivity contribution < 1.29 is 19.7 Å². The van der Waals surface area contributed by atoms with Gasteiger partial charge < -0.3 is 19.7 Å². The Morgan fingerprint density at radius 2 is 1.60 bits per heavy atom. The van der Waals surface area contributed by atoms with Crippen LogP contribution in [0.1, 0.15) is 12.5 Å². The number of rotatable bonds is 11. The summed E-state index contributed by atoms with van der Waals surface area (Å²) < 4.78 is 11.2. The molecule has 0 radical (unpaired) electrons. The maximum atomic E-state index is 10.3. The van der Waals surface area contributed by atoms with Gasteiger partial charge in [-0.1, -0.05) is 42.5 Å². The van der Waals surface area contributed by atoms with Crippen molar-refractivity contribution in [2.75, 3.05) is 32.9 Å². The van der Waals surface area contributed by atoms with Crippen LogP contribution < -0.4 is 9.47 Å². The minimum atomic E-state index is -0.662. The van der Waals surface area contributed by atoms with Gasteiger partial charge in [-0.25, -0.2) is 0 Å². The molecule has 0 aliphatic rings. The van der Waals surface area contributed by atoms with Crippen molar-refractivity contribution in [2.24, 2.45) is 0 Å². The van der Waals surface area contributed by atoms with Crippen molar-refractivity contribution in [3.63, 3.8) is 0 Å². The number of ether oxygens (including phenoxy) is 2. The fourth-order valence-electron chi connectivity index (χ4n) is 2.60. The van der Waals surface area contributed by atoms with Crippen molar-refractivity contribution in [3.05, 3.63) is 60.2 Å². The summed E-state index contributed by atoms with van der Waals surface area (Å²) in [6.45, 7) is 4.29. The summed E-state index contributed by atoms with van der Waals surface area (Å²) >= 11 is 0. The van der Waals surface area contributed by atoms with Crippen molar-refractivity contribution in [1.82, 2.24) is 4.90 Å². The van der Waals surface area contributed by atoms with Gasteiger partial charge in [0, 0.05) is 19.6 Å². The van der Waals surface area contributed by atoms with Crippen molar-refractivity contribution in [2.45, 2.75) is 19.6 Å². The molecule has 0 amide bonds. The Kier molecular flexibility index (Phi) is 8.25. The van der Waals surface area contributed by atoms with E-state index in [1.807, 2.05) is 66.4 Å². The summed E-state index contributed by atoms with van der Waals surface area (Å²) in [7, 11) is 0. The van der Waals surface area contributed by atoms with E-state index in [2.05, 4.69) is 0 Å². The molecule has 0 aliphatic carbocycles. The van der Waals surface area contributed by atoms with Crippen LogP contribution in [-0.4, -0.2) is 54.1 Å². The predicted octanol–water partition coefficient (Wildman–Crippen LogP) is 2.32. The van der Waals surface area contributed by atoms with E-state index in [1.54, 1.807) is 0 Å². The first-order valence-corrected chi connectivity index (χ1v) is 8.62. The quantitative estimate of drug-likeness (QED) is 0.654. The van der Waals surface area contributed by atoms with E-state index >= 15 is 0 Å². The molecule has 0 saturated carbocycles. The highest BCUT2D eigenvalue weighted by Crippen LogP contribution is 2.26. The van der Waals surface area contributed by atoms with E-state index in [9.17, 15) is 10.2 Å². The number of aliphatic hydroxyl groups excluding tert-OH is 2. The van der Waals surface area contributed by atoms with Crippen molar-refractivity contribution in [1.29, 1.82) is 0 Å². The van der Waals surface area contributed by atoms with E-state index in [0.717, 1.165) is 5.56 Å². The SMILES string of the molecule is CCOc1ccccc1OCC(O)CN(CCO)Cc1ccccc1. The molecule has 1 atom stereocenters. The summed E-state index contributed by atoms with van der Waals surface area (Å²) in [4.78, 5) is 2.01. The number of nitrogens with zero attached hydrogens (tertiary/aromatic N) is 1. The molecule has 2 N–H and O–H groups in total. The van der Waals surface area contributed by atoms with E-state index in [4.69, 9.17) is 9.47 Å². The lowest BCUT2D eigenvalue weighted by Crippen LogP contribution is -2.37. The van der Waals surface area contributed by atoms with Crippen LogP contribution in [0.25, 0.3) is 0 Å². The minimum Gasteiger partial charge on any atom is -0.490 e. The molecule has 0 fully saturated rings. The molecule has 136 valence electrons. The molecule has 0 aliphatic heterocycles. The maximum Gasteiger partial charge on any atom is 0.161 e. The molecule has 1 unspecified atom stereocenters. The molecule has 5 nitrogen and oxygen atoms in total. The van der Waals surface area contributed by atoms with Gasteiger partial charge in [0.05, 0.1) is 13.2 Å². The molecule has 2 aromatic carbocycles. The lowest BCUT2D eigenvalue weighted by atomic mass is 10.2. The van der Waals surface area contributed by atoms with Gasteiger partial charge in [-0.15, -0.1) is 0 Å². The Labute approximate surface area is 149 Å². The first-order valence-electron chi connectivity index (χ1n) is 8.62. The molecule has 2 rings (SSSR count). The highest BCUT2D eigenvalue weighted by molar-refractivity contribution is 5.39. The van der Waals surface area contributed by atoms with Gasteiger partial charge in [0.2, 0.25) is 0 Å². The molecular weight excluding hydrogens is 318 g/mol. The molecule has 0 saturated heterocycles. The number of hydrogen-bond acceptors (Lipinski definition) is 5. The van der Waals surface area contributed by atoms with Crippen molar-refractivity contribution in [3.8, 4) is 11.5 Å². The summed E-state index contributed by atoms with van der Waals surface area (Å²) in [5, 5.41) is 19.6. The van der Waals surface area contributed by atoms with Gasteiger partial charge in [0.1, 0.15) is 12.7 Å². The topological polar surface area (TPSA) is 62.2 Å². The summed E-state index contributed by atoms with van der Waals surface area (Å²) in [6, 6.07) is 17.4. The second kappa shape index (κ2) is 10.7. The Bertz CT molecular complexity index is 606. The Hall–Kier alpha value is -2.08. The van der Waals surface area contributed by atoms with Crippen LogP contribution >= 0.6 is 0 Å². The van der Waals surface area contributed by atoms with Crippen LogP contribution in [0.4, 0.5) is 0 Å². The number of hydrogen-bond donors (Lipinski definition) is 2. The van der Waals surface area contributed by atoms with Gasteiger partial charge in [0.15, 0.2) is 11.5 Å². The first kappa shape index (κ1) is 19.2. The second-order valence-corrected chi connectivity index (χ2v) is 5.79. The third kappa shape index (κ3) is 6.74. The lowest BCUT2D eigenvalue weighted by Gasteiger charge is -2.24. The van der Waals surface area contributed by atoms with E-state index in [-0.39, 0.29) is 13.2 Å². The maximum absolute atomic E-state index is 10.3. The van der Waals surface area contributed by atoms with E-state index in [0.29, 0.717) is 37.7 Å². The Morgan fingerprint density at radius 3 is 2.24 bits per heavy atom. The van der Waals surface area contributed by atoms with Gasteiger partial charge in [-0.05, 0) is 24.6 Å². The molecular formula is C20H27NO4. The summed E-state index contributed by atoms with van der Waals surface area (Å²) in [5.41, 5.74) is 1.14. The summed E-state index contributed by atoms with van der Waals surface area (Å²) in [5.74, 6) is 1.30. The molecule has 25 heavy (non-hydrogen) atoms. The predicted molar refractivity (Wildman–Crippen MR) is 97.9 cm³/mol. The molecule has 0 aromatic heterocycles. The molecule has 0 spiro atoms.